The van der Waals surface area contributed by atoms with Crippen molar-refractivity contribution >= 4 is 5.97 Å². The summed E-state index contributed by atoms with van der Waals surface area (Å²) in [4.78, 5) is 11.4. The van der Waals surface area contributed by atoms with Crippen LogP contribution in [-0.2, 0) is 16.8 Å². The van der Waals surface area contributed by atoms with Crippen molar-refractivity contribution in [2.75, 3.05) is 7.11 Å². The zero-order chi connectivity index (χ0) is 28.4. The number of ether oxygens (including phenoxy) is 2. The van der Waals surface area contributed by atoms with Gasteiger partial charge in [0.2, 0.25) is 11.8 Å². The fourth-order valence-electron chi connectivity index (χ4n) is 4.82. The third-order valence-electron chi connectivity index (χ3n) is 7.12. The van der Waals surface area contributed by atoms with E-state index in [0.717, 1.165) is 24.0 Å². The molecule has 1 heterocycles. The molecule has 1 aromatic heterocycles. The van der Waals surface area contributed by atoms with E-state index in [2.05, 4.69) is 10.2 Å². The Bertz CT molecular complexity index is 1520. The van der Waals surface area contributed by atoms with Crippen molar-refractivity contribution in [1.29, 1.82) is 0 Å². The smallest absolute Gasteiger partial charge is 0.303 e. The Labute approximate surface area is 233 Å². The van der Waals surface area contributed by atoms with Crippen molar-refractivity contribution < 1.29 is 28.2 Å². The molecule has 1 saturated carbocycles. The lowest BCUT2D eigenvalue weighted by Gasteiger charge is -2.16. The van der Waals surface area contributed by atoms with Crippen LogP contribution in [0.15, 0.2) is 65.1 Å². The SMILES string of the molecule is COc1ccc(F)c(-c2ccc(OCc3cccc(C(CC(=O)O)C4CC4)c3)cc2-c2nnc(C(C)(C)C)o2)c1. The van der Waals surface area contributed by atoms with E-state index in [-0.39, 0.29) is 30.3 Å². The summed E-state index contributed by atoms with van der Waals surface area (Å²) in [6.07, 6.45) is 2.25. The average Bonchev–Trinajstić information content (AvgIpc) is 3.64. The number of rotatable bonds is 10. The van der Waals surface area contributed by atoms with Gasteiger partial charge in [0.25, 0.3) is 0 Å². The van der Waals surface area contributed by atoms with E-state index in [1.165, 1.54) is 13.2 Å². The van der Waals surface area contributed by atoms with Crippen molar-refractivity contribution in [3.63, 3.8) is 0 Å². The fraction of sp³-hybridized carbons (Fsp3) is 0.344. The fourth-order valence-corrected chi connectivity index (χ4v) is 4.82. The number of hydrogen-bond acceptors (Lipinski definition) is 6. The maximum absolute atomic E-state index is 15.0. The lowest BCUT2D eigenvalue weighted by molar-refractivity contribution is -0.137. The Morgan fingerprint density at radius 1 is 1.02 bits per heavy atom. The molecule has 0 bridgehead atoms. The summed E-state index contributed by atoms with van der Waals surface area (Å²) >= 11 is 0. The molecule has 5 rings (SSSR count). The third kappa shape index (κ3) is 6.17. The van der Waals surface area contributed by atoms with Crippen molar-refractivity contribution in [1.82, 2.24) is 10.2 Å². The first-order valence-electron chi connectivity index (χ1n) is 13.4. The summed E-state index contributed by atoms with van der Waals surface area (Å²) < 4.78 is 32.5. The molecule has 4 aromatic rings. The van der Waals surface area contributed by atoms with Crippen LogP contribution in [0.25, 0.3) is 22.6 Å². The summed E-state index contributed by atoms with van der Waals surface area (Å²) in [5.74, 6) is 1.04. The maximum atomic E-state index is 15.0. The van der Waals surface area contributed by atoms with Crippen LogP contribution in [-0.4, -0.2) is 28.4 Å². The van der Waals surface area contributed by atoms with Crippen LogP contribution in [0.2, 0.25) is 0 Å². The van der Waals surface area contributed by atoms with E-state index < -0.39 is 11.8 Å². The minimum atomic E-state index is -0.783. The Kier molecular flexibility index (Phi) is 7.61. The van der Waals surface area contributed by atoms with Gasteiger partial charge in [0, 0.05) is 11.0 Å². The number of halogens is 1. The molecule has 0 spiro atoms. The topological polar surface area (TPSA) is 94.7 Å². The van der Waals surface area contributed by atoms with E-state index in [0.29, 0.717) is 40.0 Å². The van der Waals surface area contributed by atoms with E-state index in [9.17, 15) is 9.90 Å². The number of nitrogens with zero attached hydrogens (tertiary/aromatic N) is 2. The summed E-state index contributed by atoms with van der Waals surface area (Å²) in [5, 5.41) is 17.9. The second kappa shape index (κ2) is 11.1. The Morgan fingerprint density at radius 3 is 2.45 bits per heavy atom. The van der Waals surface area contributed by atoms with Crippen molar-refractivity contribution in [2.45, 2.75) is 58.0 Å². The van der Waals surface area contributed by atoms with Gasteiger partial charge < -0.3 is 19.0 Å². The van der Waals surface area contributed by atoms with Gasteiger partial charge in [-0.1, -0.05) is 45.0 Å². The van der Waals surface area contributed by atoms with Gasteiger partial charge in [-0.3, -0.25) is 4.79 Å². The highest BCUT2D eigenvalue weighted by Crippen LogP contribution is 2.45. The number of carbonyl (C=O) groups is 1. The highest BCUT2D eigenvalue weighted by molar-refractivity contribution is 5.82. The number of carboxylic acids is 1. The molecule has 0 aliphatic heterocycles. The first-order chi connectivity index (χ1) is 19.1. The highest BCUT2D eigenvalue weighted by Gasteiger charge is 2.33. The van der Waals surface area contributed by atoms with Crippen LogP contribution in [0.3, 0.4) is 0 Å². The third-order valence-corrected chi connectivity index (χ3v) is 7.12. The molecule has 1 aliphatic rings. The predicted molar refractivity (Wildman–Crippen MR) is 149 cm³/mol. The molecule has 0 amide bonds. The summed E-state index contributed by atoms with van der Waals surface area (Å²) in [7, 11) is 1.53. The van der Waals surface area contributed by atoms with Crippen LogP contribution in [0.4, 0.5) is 4.39 Å². The normalized spacial score (nSPS) is 14.1. The number of aromatic nitrogens is 2. The molecule has 40 heavy (non-hydrogen) atoms. The van der Waals surface area contributed by atoms with E-state index in [1.54, 1.807) is 30.3 Å². The van der Waals surface area contributed by atoms with Crippen LogP contribution in [0, 0.1) is 11.7 Å². The number of carboxylic acid groups (broad SMARTS) is 1. The van der Waals surface area contributed by atoms with Gasteiger partial charge in [-0.25, -0.2) is 4.39 Å². The largest absolute Gasteiger partial charge is 0.497 e. The number of methoxy groups -OCH3 is 1. The monoisotopic (exact) mass is 544 g/mol. The molecule has 0 saturated heterocycles. The van der Waals surface area contributed by atoms with Crippen molar-refractivity contribution in [3.05, 3.63) is 83.5 Å². The maximum Gasteiger partial charge on any atom is 0.303 e. The zero-order valence-electron chi connectivity index (χ0n) is 23.1. The van der Waals surface area contributed by atoms with Crippen LogP contribution < -0.4 is 9.47 Å². The molecule has 1 aliphatic carbocycles. The van der Waals surface area contributed by atoms with Gasteiger partial charge in [0.05, 0.1) is 19.1 Å². The minimum absolute atomic E-state index is 0.00985. The molecule has 1 unspecified atom stereocenters. The van der Waals surface area contributed by atoms with Gasteiger partial charge in [-0.15, -0.1) is 10.2 Å². The highest BCUT2D eigenvalue weighted by atomic mass is 19.1. The summed E-state index contributed by atoms with van der Waals surface area (Å²) in [6, 6.07) is 17.8. The van der Waals surface area contributed by atoms with Gasteiger partial charge >= 0.3 is 5.97 Å². The molecule has 1 atom stereocenters. The molecule has 3 aromatic carbocycles. The van der Waals surface area contributed by atoms with Gasteiger partial charge in [0.1, 0.15) is 23.9 Å². The Balaban J connectivity index is 1.46. The molecular formula is C32H33FN2O5. The van der Waals surface area contributed by atoms with Crippen molar-refractivity contribution in [3.8, 4) is 34.1 Å². The number of aliphatic carboxylic acids is 1. The zero-order valence-corrected chi connectivity index (χ0v) is 23.1. The van der Waals surface area contributed by atoms with Gasteiger partial charge in [0.15, 0.2) is 0 Å². The quantitative estimate of drug-likeness (QED) is 0.222. The van der Waals surface area contributed by atoms with Gasteiger partial charge in [-0.05, 0) is 77.8 Å². The lowest BCUT2D eigenvalue weighted by Crippen LogP contribution is -2.11. The average molecular weight is 545 g/mol. The molecule has 1 fully saturated rings. The Hall–Kier alpha value is -4.20. The Morgan fingerprint density at radius 2 is 1.77 bits per heavy atom. The first kappa shape index (κ1) is 27.4. The summed E-state index contributed by atoms with van der Waals surface area (Å²) in [5.41, 5.74) is 3.05. The predicted octanol–water partition coefficient (Wildman–Crippen LogP) is 7.40. The molecule has 8 heteroatoms. The van der Waals surface area contributed by atoms with Crippen LogP contribution in [0.5, 0.6) is 11.5 Å². The molecule has 0 radical (unpaired) electrons. The standard InChI is InChI=1S/C32H33FN2O5/c1-32(2,3)31-35-34-30(40-31)27-16-23(10-12-24(27)26-15-22(38-4)11-13-28(26)33)39-18-19-6-5-7-21(14-19)25(17-29(36)37)20-8-9-20/h5-7,10-16,20,25H,8-9,17-18H2,1-4H3,(H,36,37). The lowest BCUT2D eigenvalue weighted by atomic mass is 9.90. The first-order valence-corrected chi connectivity index (χ1v) is 13.4. The number of benzene rings is 3. The second-order valence-electron chi connectivity index (χ2n) is 11.3. The van der Waals surface area contributed by atoms with Crippen LogP contribution >= 0.6 is 0 Å². The van der Waals surface area contributed by atoms with E-state index in [4.69, 9.17) is 13.9 Å². The van der Waals surface area contributed by atoms with Crippen LogP contribution in [0.1, 0.15) is 63.0 Å². The number of hydrogen-bond donors (Lipinski definition) is 1. The van der Waals surface area contributed by atoms with Crippen molar-refractivity contribution in [2.24, 2.45) is 5.92 Å². The molecule has 208 valence electrons. The van der Waals surface area contributed by atoms with E-state index >= 15 is 4.39 Å². The summed E-state index contributed by atoms with van der Waals surface area (Å²) in [6.45, 7) is 6.21. The second-order valence-corrected chi connectivity index (χ2v) is 11.3. The molecular weight excluding hydrogens is 511 g/mol. The molecule has 7 nitrogen and oxygen atoms in total. The molecule has 1 N–H and O–H groups in total. The minimum Gasteiger partial charge on any atom is -0.497 e. The van der Waals surface area contributed by atoms with Gasteiger partial charge in [-0.2, -0.15) is 0 Å². The van der Waals surface area contributed by atoms with E-state index in [1.807, 2.05) is 45.0 Å².